The van der Waals surface area contributed by atoms with Crippen LogP contribution in [0.5, 0.6) is 0 Å². The first-order valence-corrected chi connectivity index (χ1v) is 10.3. The fourth-order valence-electron chi connectivity index (χ4n) is 4.25. The number of piperazine rings is 1. The van der Waals surface area contributed by atoms with Gasteiger partial charge in [0.05, 0.1) is 0 Å². The third kappa shape index (κ3) is 3.90. The minimum absolute atomic E-state index is 0.0309. The summed E-state index contributed by atoms with van der Waals surface area (Å²) in [6, 6.07) is 7.05. The zero-order valence-electron chi connectivity index (χ0n) is 15.8. The largest absolute Gasteiger partial charge is 0.328 e. The van der Waals surface area contributed by atoms with Gasteiger partial charge in [0, 0.05) is 17.1 Å². The first-order valence-electron chi connectivity index (χ1n) is 9.90. The lowest BCUT2D eigenvalue weighted by molar-refractivity contribution is -0.161. The van der Waals surface area contributed by atoms with Gasteiger partial charge in [0.1, 0.15) is 12.6 Å². The van der Waals surface area contributed by atoms with Gasteiger partial charge in [-0.2, -0.15) is 0 Å². The van der Waals surface area contributed by atoms with Crippen molar-refractivity contribution in [2.24, 2.45) is 0 Å². The maximum Gasteiger partial charge on any atom is 0.250 e. The molecular weight excluding hydrogens is 348 g/mol. The topological polar surface area (TPSA) is 40.6 Å². The van der Waals surface area contributed by atoms with Crippen LogP contribution in [0.3, 0.4) is 0 Å². The highest BCUT2D eigenvalue weighted by Crippen LogP contribution is 2.34. The molecular formula is C21H29ClN2O2. The summed E-state index contributed by atoms with van der Waals surface area (Å²) in [7, 11) is 0. The molecule has 1 aliphatic carbocycles. The van der Waals surface area contributed by atoms with Crippen LogP contribution in [0, 0.1) is 0 Å². The fraction of sp³-hybridized carbons (Fsp3) is 0.619. The minimum atomic E-state index is -0.535. The van der Waals surface area contributed by atoms with Gasteiger partial charge >= 0.3 is 0 Å². The maximum atomic E-state index is 13.5. The molecule has 2 atom stereocenters. The Labute approximate surface area is 161 Å². The summed E-state index contributed by atoms with van der Waals surface area (Å²) in [6.45, 7) is 4.30. The van der Waals surface area contributed by atoms with Crippen molar-refractivity contribution in [1.29, 1.82) is 0 Å². The zero-order chi connectivity index (χ0) is 18.7. The second kappa shape index (κ2) is 8.43. The molecule has 3 rings (SSSR count). The van der Waals surface area contributed by atoms with Gasteiger partial charge in [0.2, 0.25) is 5.91 Å². The van der Waals surface area contributed by atoms with Gasteiger partial charge in [-0.1, -0.05) is 56.3 Å². The van der Waals surface area contributed by atoms with Crippen LogP contribution in [0.1, 0.15) is 70.4 Å². The second-order valence-corrected chi connectivity index (χ2v) is 8.06. The van der Waals surface area contributed by atoms with E-state index in [2.05, 4.69) is 6.92 Å². The lowest BCUT2D eigenvalue weighted by Gasteiger charge is -2.45. The fourth-order valence-corrected chi connectivity index (χ4v) is 4.38. The molecule has 4 nitrogen and oxygen atoms in total. The summed E-state index contributed by atoms with van der Waals surface area (Å²) < 4.78 is 0. The maximum absolute atomic E-state index is 13.5. The van der Waals surface area contributed by atoms with E-state index in [1.807, 2.05) is 24.0 Å². The highest BCUT2D eigenvalue weighted by atomic mass is 35.5. The van der Waals surface area contributed by atoms with E-state index in [1.165, 1.54) is 12.8 Å². The van der Waals surface area contributed by atoms with Crippen LogP contribution < -0.4 is 0 Å². The Balaban J connectivity index is 1.94. The Bertz CT molecular complexity index is 638. The molecule has 2 amide bonds. The summed E-state index contributed by atoms with van der Waals surface area (Å²) >= 11 is 6.03. The quantitative estimate of drug-likeness (QED) is 0.722. The van der Waals surface area contributed by atoms with Crippen molar-refractivity contribution >= 4 is 23.4 Å². The van der Waals surface area contributed by atoms with Crippen LogP contribution in [0.4, 0.5) is 0 Å². The van der Waals surface area contributed by atoms with Crippen LogP contribution in [-0.2, 0) is 9.59 Å². The zero-order valence-corrected chi connectivity index (χ0v) is 16.5. The monoisotopic (exact) mass is 376 g/mol. The molecule has 0 N–H and O–H groups in total. The van der Waals surface area contributed by atoms with E-state index in [9.17, 15) is 9.59 Å². The van der Waals surface area contributed by atoms with Crippen LogP contribution in [0.25, 0.3) is 0 Å². The number of halogens is 1. The van der Waals surface area contributed by atoms with Gasteiger partial charge in [0.25, 0.3) is 5.91 Å². The molecule has 26 heavy (non-hydrogen) atoms. The summed E-state index contributed by atoms with van der Waals surface area (Å²) in [5, 5.41) is 0.638. The number of hydrogen-bond donors (Lipinski definition) is 0. The van der Waals surface area contributed by atoms with Gasteiger partial charge in [-0.15, -0.1) is 0 Å². The average Bonchev–Trinajstić information content (AvgIpc) is 2.92. The Morgan fingerprint density at radius 2 is 1.69 bits per heavy atom. The second-order valence-electron chi connectivity index (χ2n) is 7.62. The minimum Gasteiger partial charge on any atom is -0.328 e. The van der Waals surface area contributed by atoms with E-state index in [1.54, 1.807) is 17.0 Å². The van der Waals surface area contributed by atoms with Gasteiger partial charge in [-0.05, 0) is 43.9 Å². The molecule has 1 saturated carbocycles. The highest BCUT2D eigenvalue weighted by molar-refractivity contribution is 6.30. The van der Waals surface area contributed by atoms with Gasteiger partial charge in [-0.25, -0.2) is 0 Å². The van der Waals surface area contributed by atoms with E-state index in [0.29, 0.717) is 5.02 Å². The first-order chi connectivity index (χ1) is 12.5. The molecule has 0 aromatic heterocycles. The van der Waals surface area contributed by atoms with Crippen molar-refractivity contribution in [2.45, 2.75) is 76.9 Å². The lowest BCUT2D eigenvalue weighted by Crippen LogP contribution is -2.60. The molecule has 1 aromatic carbocycles. The summed E-state index contributed by atoms with van der Waals surface area (Å²) in [4.78, 5) is 30.2. The van der Waals surface area contributed by atoms with Gasteiger partial charge < -0.3 is 9.80 Å². The number of hydrogen-bond acceptors (Lipinski definition) is 2. The SMILES string of the molecule is CC[C@@H](C)N1C(=O)CN(C2CCCCCC2)C(=O)[C@H]1c1ccc(Cl)cc1. The molecule has 1 heterocycles. The Hall–Kier alpha value is -1.55. The summed E-state index contributed by atoms with van der Waals surface area (Å²) in [5.41, 5.74) is 0.853. The summed E-state index contributed by atoms with van der Waals surface area (Å²) in [5.74, 6) is 0.127. The molecule has 1 saturated heterocycles. The molecule has 2 fully saturated rings. The molecule has 0 spiro atoms. The molecule has 2 aliphatic rings. The molecule has 0 bridgehead atoms. The van der Waals surface area contributed by atoms with E-state index >= 15 is 0 Å². The Morgan fingerprint density at radius 1 is 1.08 bits per heavy atom. The number of benzene rings is 1. The van der Waals surface area contributed by atoms with Crippen LogP contribution >= 0.6 is 11.6 Å². The van der Waals surface area contributed by atoms with Crippen LogP contribution in [0.2, 0.25) is 5.02 Å². The van der Waals surface area contributed by atoms with Crippen LogP contribution in [-0.4, -0.2) is 40.2 Å². The normalized spacial score (nSPS) is 23.9. The van der Waals surface area contributed by atoms with Gasteiger partial charge in [-0.3, -0.25) is 9.59 Å². The number of nitrogens with zero attached hydrogens (tertiary/aromatic N) is 2. The summed E-state index contributed by atoms with van der Waals surface area (Å²) in [6.07, 6.45) is 7.59. The van der Waals surface area contributed by atoms with Crippen molar-refractivity contribution in [3.8, 4) is 0 Å². The number of carbonyl (C=O) groups is 2. The molecule has 5 heteroatoms. The predicted molar refractivity (Wildman–Crippen MR) is 104 cm³/mol. The van der Waals surface area contributed by atoms with Crippen molar-refractivity contribution in [3.63, 3.8) is 0 Å². The number of carbonyl (C=O) groups excluding carboxylic acids is 2. The van der Waals surface area contributed by atoms with Crippen molar-refractivity contribution in [1.82, 2.24) is 9.80 Å². The molecule has 142 valence electrons. The smallest absolute Gasteiger partial charge is 0.250 e. The predicted octanol–water partition coefficient (Wildman–Crippen LogP) is 4.57. The highest BCUT2D eigenvalue weighted by Gasteiger charge is 2.44. The molecule has 0 unspecified atom stereocenters. The van der Waals surface area contributed by atoms with E-state index in [0.717, 1.165) is 37.7 Å². The van der Waals surface area contributed by atoms with E-state index in [4.69, 9.17) is 11.6 Å². The standard InChI is InChI=1S/C21H29ClN2O2/c1-3-15(2)24-19(25)14-23(18-8-6-4-5-7-9-18)21(26)20(24)16-10-12-17(22)13-11-16/h10-13,15,18,20H,3-9,14H2,1-2H3/t15-,20-/m1/s1. The number of amides is 2. The third-order valence-electron chi connectivity index (χ3n) is 5.91. The molecule has 0 radical (unpaired) electrons. The van der Waals surface area contributed by atoms with Crippen molar-refractivity contribution in [3.05, 3.63) is 34.9 Å². The first kappa shape index (κ1) is 19.2. The third-order valence-corrected chi connectivity index (χ3v) is 6.16. The van der Waals surface area contributed by atoms with Crippen molar-refractivity contribution < 1.29 is 9.59 Å². The Morgan fingerprint density at radius 3 is 2.27 bits per heavy atom. The van der Waals surface area contributed by atoms with Crippen molar-refractivity contribution in [2.75, 3.05) is 6.54 Å². The number of rotatable bonds is 4. The lowest BCUT2D eigenvalue weighted by atomic mass is 9.96. The van der Waals surface area contributed by atoms with Gasteiger partial charge in [0.15, 0.2) is 0 Å². The van der Waals surface area contributed by atoms with Crippen LogP contribution in [0.15, 0.2) is 24.3 Å². The molecule has 1 aromatic rings. The average molecular weight is 377 g/mol. The molecule has 1 aliphatic heterocycles. The van der Waals surface area contributed by atoms with E-state index in [-0.39, 0.29) is 30.4 Å². The Kier molecular flexibility index (Phi) is 6.23. The van der Waals surface area contributed by atoms with E-state index < -0.39 is 6.04 Å².